The summed E-state index contributed by atoms with van der Waals surface area (Å²) in [5, 5.41) is 12.2. The van der Waals surface area contributed by atoms with E-state index in [1.807, 2.05) is 12.1 Å². The zero-order valence-corrected chi connectivity index (χ0v) is 18.4. The van der Waals surface area contributed by atoms with Gasteiger partial charge in [-0.1, -0.05) is 11.6 Å². The summed E-state index contributed by atoms with van der Waals surface area (Å²) >= 11 is 5.90. The third-order valence-corrected chi connectivity index (χ3v) is 7.00. The van der Waals surface area contributed by atoms with E-state index in [2.05, 4.69) is 15.5 Å². The van der Waals surface area contributed by atoms with Crippen LogP contribution in [0.1, 0.15) is 0 Å². The summed E-state index contributed by atoms with van der Waals surface area (Å²) in [5.41, 5.74) is 2.00. The number of rotatable bonds is 6. The van der Waals surface area contributed by atoms with Gasteiger partial charge < -0.3 is 14.8 Å². The first kappa shape index (κ1) is 21.5. The highest BCUT2D eigenvalue weighted by atomic mass is 35.5. The van der Waals surface area contributed by atoms with Gasteiger partial charge in [0.1, 0.15) is 10.6 Å². The fraction of sp³-hybridized carbons (Fsp3) is 0.238. The number of morpholine rings is 1. The Balaban J connectivity index is 1.61. The zero-order valence-electron chi connectivity index (χ0n) is 16.8. The summed E-state index contributed by atoms with van der Waals surface area (Å²) in [6.07, 6.45) is 0. The van der Waals surface area contributed by atoms with E-state index in [4.69, 9.17) is 21.1 Å². The molecule has 162 valence electrons. The molecule has 0 amide bonds. The number of nitrogens with one attached hydrogen (secondary N) is 1. The zero-order chi connectivity index (χ0) is 21.8. The van der Waals surface area contributed by atoms with Gasteiger partial charge in [0.05, 0.1) is 26.0 Å². The van der Waals surface area contributed by atoms with Crippen LogP contribution < -0.4 is 10.1 Å². The van der Waals surface area contributed by atoms with Crippen LogP contribution >= 0.6 is 11.6 Å². The van der Waals surface area contributed by atoms with E-state index in [9.17, 15) is 8.42 Å². The molecule has 0 saturated carbocycles. The van der Waals surface area contributed by atoms with E-state index in [1.54, 1.807) is 42.5 Å². The molecule has 1 aromatic heterocycles. The number of ether oxygens (including phenoxy) is 2. The Morgan fingerprint density at radius 3 is 2.42 bits per heavy atom. The van der Waals surface area contributed by atoms with Crippen molar-refractivity contribution in [1.82, 2.24) is 14.5 Å². The Morgan fingerprint density at radius 2 is 1.77 bits per heavy atom. The molecular formula is C21H21ClN4O4S. The maximum atomic E-state index is 13.2. The standard InChI is InChI=1S/C21H21ClN4O4S/c1-29-19-8-2-15(14-20(19)31(27,28)26-10-12-30-13-11-26)18-7-9-21(25-24-18)23-17-5-3-16(22)4-6-17/h2-9,14H,10-13H2,1H3,(H,23,25). The Hall–Kier alpha value is -2.72. The summed E-state index contributed by atoms with van der Waals surface area (Å²) in [6.45, 7) is 1.35. The molecule has 0 aliphatic carbocycles. The first-order chi connectivity index (χ1) is 15.0. The topological polar surface area (TPSA) is 93.7 Å². The third kappa shape index (κ3) is 4.80. The molecule has 0 radical (unpaired) electrons. The van der Waals surface area contributed by atoms with Crippen LogP contribution in [0.3, 0.4) is 0 Å². The van der Waals surface area contributed by atoms with E-state index < -0.39 is 10.0 Å². The minimum atomic E-state index is -3.73. The van der Waals surface area contributed by atoms with Crippen LogP contribution in [0.5, 0.6) is 5.75 Å². The number of sulfonamides is 1. The molecule has 1 aliphatic rings. The number of anilines is 2. The Morgan fingerprint density at radius 1 is 1.03 bits per heavy atom. The molecule has 1 aliphatic heterocycles. The molecule has 4 rings (SSSR count). The van der Waals surface area contributed by atoms with Crippen molar-refractivity contribution in [2.45, 2.75) is 4.90 Å². The van der Waals surface area contributed by atoms with Gasteiger partial charge in [-0.2, -0.15) is 4.31 Å². The van der Waals surface area contributed by atoms with E-state index in [-0.39, 0.29) is 10.6 Å². The molecule has 2 aromatic carbocycles. The third-order valence-electron chi connectivity index (χ3n) is 4.83. The summed E-state index contributed by atoms with van der Waals surface area (Å²) in [6, 6.07) is 15.7. The minimum absolute atomic E-state index is 0.0968. The smallest absolute Gasteiger partial charge is 0.246 e. The van der Waals surface area contributed by atoms with E-state index in [0.717, 1.165) is 5.69 Å². The van der Waals surface area contributed by atoms with Crippen molar-refractivity contribution in [2.24, 2.45) is 0 Å². The van der Waals surface area contributed by atoms with Crippen LogP contribution in [-0.2, 0) is 14.8 Å². The van der Waals surface area contributed by atoms with Crippen molar-refractivity contribution in [2.75, 3.05) is 38.7 Å². The van der Waals surface area contributed by atoms with Gasteiger partial charge in [-0.15, -0.1) is 10.2 Å². The molecule has 31 heavy (non-hydrogen) atoms. The largest absolute Gasteiger partial charge is 0.495 e. The monoisotopic (exact) mass is 460 g/mol. The van der Waals surface area contributed by atoms with Crippen LogP contribution in [0.4, 0.5) is 11.5 Å². The molecule has 2 heterocycles. The number of hydrogen-bond acceptors (Lipinski definition) is 7. The maximum absolute atomic E-state index is 13.2. The normalized spacial score (nSPS) is 14.9. The van der Waals surface area contributed by atoms with Crippen molar-refractivity contribution in [3.05, 3.63) is 59.6 Å². The summed E-state index contributed by atoms with van der Waals surface area (Å²) in [4.78, 5) is 0.0968. The summed E-state index contributed by atoms with van der Waals surface area (Å²) in [7, 11) is -2.28. The van der Waals surface area contributed by atoms with Crippen molar-refractivity contribution in [3.8, 4) is 17.0 Å². The second kappa shape index (κ2) is 9.19. The number of hydrogen-bond donors (Lipinski definition) is 1. The summed E-state index contributed by atoms with van der Waals surface area (Å²) < 4.78 is 38.3. The predicted molar refractivity (Wildman–Crippen MR) is 118 cm³/mol. The molecule has 1 saturated heterocycles. The van der Waals surface area contributed by atoms with Gasteiger partial charge in [0.2, 0.25) is 10.0 Å². The SMILES string of the molecule is COc1ccc(-c2ccc(Nc3ccc(Cl)cc3)nn2)cc1S(=O)(=O)N1CCOCC1. The van der Waals surface area contributed by atoms with Crippen molar-refractivity contribution < 1.29 is 17.9 Å². The number of nitrogens with zero attached hydrogens (tertiary/aromatic N) is 3. The molecular weight excluding hydrogens is 440 g/mol. The van der Waals surface area contributed by atoms with E-state index in [1.165, 1.54) is 11.4 Å². The van der Waals surface area contributed by atoms with Crippen LogP contribution in [0.25, 0.3) is 11.3 Å². The fourth-order valence-corrected chi connectivity index (χ4v) is 4.91. The molecule has 1 N–H and O–H groups in total. The number of aromatic nitrogens is 2. The molecule has 1 fully saturated rings. The highest BCUT2D eigenvalue weighted by molar-refractivity contribution is 7.89. The first-order valence-electron chi connectivity index (χ1n) is 9.60. The second-order valence-corrected chi connectivity index (χ2v) is 9.16. The molecule has 0 atom stereocenters. The average molecular weight is 461 g/mol. The van der Waals surface area contributed by atoms with Crippen LogP contribution in [-0.4, -0.2) is 56.3 Å². The van der Waals surface area contributed by atoms with Crippen molar-refractivity contribution in [1.29, 1.82) is 0 Å². The van der Waals surface area contributed by atoms with Gasteiger partial charge in [0, 0.05) is 29.4 Å². The molecule has 10 heteroatoms. The van der Waals surface area contributed by atoms with Crippen LogP contribution in [0.2, 0.25) is 5.02 Å². The number of benzene rings is 2. The lowest BCUT2D eigenvalue weighted by molar-refractivity contribution is 0.0729. The quantitative estimate of drug-likeness (QED) is 0.601. The lowest BCUT2D eigenvalue weighted by atomic mass is 10.1. The van der Waals surface area contributed by atoms with Crippen molar-refractivity contribution >= 4 is 33.1 Å². The van der Waals surface area contributed by atoms with Gasteiger partial charge in [-0.25, -0.2) is 8.42 Å². The first-order valence-corrected chi connectivity index (χ1v) is 11.4. The molecule has 8 nitrogen and oxygen atoms in total. The molecule has 0 spiro atoms. The van der Waals surface area contributed by atoms with Crippen LogP contribution in [0.15, 0.2) is 59.5 Å². The van der Waals surface area contributed by atoms with Gasteiger partial charge >= 0.3 is 0 Å². The van der Waals surface area contributed by atoms with Gasteiger partial charge in [0.25, 0.3) is 0 Å². The summed E-state index contributed by atoms with van der Waals surface area (Å²) in [5.74, 6) is 0.838. The van der Waals surface area contributed by atoms with Gasteiger partial charge in [-0.3, -0.25) is 0 Å². The lowest BCUT2D eigenvalue weighted by Gasteiger charge is -2.26. The van der Waals surface area contributed by atoms with E-state index in [0.29, 0.717) is 48.4 Å². The fourth-order valence-electron chi connectivity index (χ4n) is 3.20. The highest BCUT2D eigenvalue weighted by Crippen LogP contribution is 2.31. The van der Waals surface area contributed by atoms with Crippen molar-refractivity contribution in [3.63, 3.8) is 0 Å². The Labute approximate surface area is 185 Å². The molecule has 0 unspecified atom stereocenters. The second-order valence-electron chi connectivity index (χ2n) is 6.82. The maximum Gasteiger partial charge on any atom is 0.246 e. The average Bonchev–Trinajstić information content (AvgIpc) is 2.81. The number of halogens is 1. The Bertz CT molecular complexity index is 1150. The van der Waals surface area contributed by atoms with Gasteiger partial charge in [0.15, 0.2) is 5.82 Å². The minimum Gasteiger partial charge on any atom is -0.495 e. The van der Waals surface area contributed by atoms with E-state index >= 15 is 0 Å². The predicted octanol–water partition coefficient (Wildman–Crippen LogP) is 3.57. The number of methoxy groups -OCH3 is 1. The Kier molecular flexibility index (Phi) is 6.38. The molecule has 0 bridgehead atoms. The highest BCUT2D eigenvalue weighted by Gasteiger charge is 2.29. The van der Waals surface area contributed by atoms with Gasteiger partial charge in [-0.05, 0) is 54.6 Å². The lowest BCUT2D eigenvalue weighted by Crippen LogP contribution is -2.40. The van der Waals surface area contributed by atoms with Crippen LogP contribution in [0, 0.1) is 0 Å². The molecule has 3 aromatic rings.